The number of furan rings is 1. The normalized spacial score (nSPS) is 11.5. The molecule has 130 valence electrons. The van der Waals surface area contributed by atoms with Crippen LogP contribution < -0.4 is 10.1 Å². The summed E-state index contributed by atoms with van der Waals surface area (Å²) in [5, 5.41) is 2.72. The van der Waals surface area contributed by atoms with Crippen molar-refractivity contribution in [3.8, 4) is 5.75 Å². The summed E-state index contributed by atoms with van der Waals surface area (Å²) in [5.74, 6) is 0.763. The third-order valence-electron chi connectivity index (χ3n) is 3.35. The Bertz CT molecular complexity index is 772. The van der Waals surface area contributed by atoms with Gasteiger partial charge in [-0.1, -0.05) is 12.1 Å². The molecule has 1 amide bonds. The molecule has 0 aliphatic heterocycles. The summed E-state index contributed by atoms with van der Waals surface area (Å²) in [6, 6.07) is 10.4. The Hall–Kier alpha value is -2.32. The van der Waals surface area contributed by atoms with Crippen LogP contribution in [0.15, 0.2) is 47.1 Å². The number of hydrogen-bond donors (Lipinski definition) is 1. The maximum Gasteiger partial charge on any atom is 0.225 e. The lowest BCUT2D eigenvalue weighted by Gasteiger charge is -2.18. The van der Waals surface area contributed by atoms with Gasteiger partial charge >= 0.3 is 0 Å². The van der Waals surface area contributed by atoms with E-state index in [1.54, 1.807) is 36.4 Å². The van der Waals surface area contributed by atoms with Crippen LogP contribution in [0.1, 0.15) is 12.2 Å². The number of carbonyl (C=O) groups excluding carboxylic acids is 1. The highest BCUT2D eigenvalue weighted by atomic mass is 32.2. The maximum atomic E-state index is 12.1. The fourth-order valence-corrected chi connectivity index (χ4v) is 2.91. The first kappa shape index (κ1) is 18.0. The van der Waals surface area contributed by atoms with E-state index in [1.165, 1.54) is 17.7 Å². The molecule has 0 atom stereocenters. The Morgan fingerprint density at radius 2 is 2.00 bits per heavy atom. The topological polar surface area (TPSA) is 88.8 Å². The molecule has 2 aromatic rings. The molecule has 0 saturated carbocycles. The van der Waals surface area contributed by atoms with Crippen LogP contribution in [0.2, 0.25) is 0 Å². The van der Waals surface area contributed by atoms with Crippen molar-refractivity contribution in [3.05, 3.63) is 48.4 Å². The van der Waals surface area contributed by atoms with Crippen LogP contribution in [0.25, 0.3) is 0 Å². The number of methoxy groups -OCH3 is 1. The second-order valence-corrected chi connectivity index (χ2v) is 7.16. The van der Waals surface area contributed by atoms with Crippen molar-refractivity contribution in [1.82, 2.24) is 4.31 Å². The van der Waals surface area contributed by atoms with Crippen LogP contribution in [-0.2, 0) is 21.4 Å². The van der Waals surface area contributed by atoms with Crippen molar-refractivity contribution in [2.24, 2.45) is 0 Å². The maximum absolute atomic E-state index is 12.1. The van der Waals surface area contributed by atoms with E-state index in [0.29, 0.717) is 17.2 Å². The summed E-state index contributed by atoms with van der Waals surface area (Å²) in [6.45, 7) is 0.147. The molecule has 0 saturated heterocycles. The number of nitrogens with zero attached hydrogens (tertiary/aromatic N) is 1. The van der Waals surface area contributed by atoms with Crippen molar-refractivity contribution in [3.63, 3.8) is 0 Å². The molecule has 0 unspecified atom stereocenters. The van der Waals surface area contributed by atoms with Crippen molar-refractivity contribution in [2.45, 2.75) is 13.0 Å². The molecule has 1 aromatic heterocycles. The summed E-state index contributed by atoms with van der Waals surface area (Å²) < 4.78 is 35.3. The Kier molecular flexibility index (Phi) is 5.99. The number of nitrogens with one attached hydrogen (secondary N) is 1. The van der Waals surface area contributed by atoms with E-state index < -0.39 is 10.0 Å². The summed E-state index contributed by atoms with van der Waals surface area (Å²) in [4.78, 5) is 12.1. The molecule has 0 radical (unpaired) electrons. The van der Waals surface area contributed by atoms with Gasteiger partial charge in [0.25, 0.3) is 0 Å². The molecular weight excluding hydrogens is 332 g/mol. The molecule has 24 heavy (non-hydrogen) atoms. The third kappa shape index (κ3) is 5.10. The van der Waals surface area contributed by atoms with Crippen LogP contribution in [-0.4, -0.2) is 38.5 Å². The number of hydrogen-bond acceptors (Lipinski definition) is 5. The first-order valence-corrected chi connectivity index (χ1v) is 9.15. The molecule has 0 aliphatic rings. The highest BCUT2D eigenvalue weighted by molar-refractivity contribution is 7.88. The molecule has 0 fully saturated rings. The van der Waals surface area contributed by atoms with Gasteiger partial charge in [-0.05, 0) is 24.3 Å². The van der Waals surface area contributed by atoms with Gasteiger partial charge in [-0.3, -0.25) is 4.79 Å². The van der Waals surface area contributed by atoms with Gasteiger partial charge in [-0.15, -0.1) is 0 Å². The van der Waals surface area contributed by atoms with Crippen molar-refractivity contribution >= 4 is 21.6 Å². The Labute approximate surface area is 141 Å². The molecule has 0 spiro atoms. The standard InChI is InChI=1S/C16H20N2O5S/c1-22-15-8-4-3-7-14(15)17-16(19)9-10-18(24(2,20)21)12-13-6-5-11-23-13/h3-8,11H,9-10,12H2,1-2H3,(H,17,19). The van der Waals surface area contributed by atoms with Crippen LogP contribution in [0.4, 0.5) is 5.69 Å². The number of anilines is 1. The molecule has 1 heterocycles. The molecular formula is C16H20N2O5S. The summed E-state index contributed by atoms with van der Waals surface area (Å²) >= 11 is 0. The first-order valence-electron chi connectivity index (χ1n) is 7.30. The van der Waals surface area contributed by atoms with Crippen molar-refractivity contribution < 1.29 is 22.4 Å². The average Bonchev–Trinajstić information content (AvgIpc) is 3.04. The van der Waals surface area contributed by atoms with E-state index in [4.69, 9.17) is 9.15 Å². The molecule has 8 heteroatoms. The van der Waals surface area contributed by atoms with E-state index >= 15 is 0 Å². The fraction of sp³-hybridized carbons (Fsp3) is 0.312. The highest BCUT2D eigenvalue weighted by Gasteiger charge is 2.19. The second kappa shape index (κ2) is 7.98. The van der Waals surface area contributed by atoms with Crippen molar-refractivity contribution in [1.29, 1.82) is 0 Å². The molecule has 7 nitrogen and oxygen atoms in total. The monoisotopic (exact) mass is 352 g/mol. The summed E-state index contributed by atoms with van der Waals surface area (Å²) in [7, 11) is -1.94. The molecule has 2 rings (SSSR count). The Morgan fingerprint density at radius 3 is 2.62 bits per heavy atom. The largest absolute Gasteiger partial charge is 0.495 e. The lowest BCUT2D eigenvalue weighted by Crippen LogP contribution is -2.32. The van der Waals surface area contributed by atoms with Gasteiger partial charge in [0.15, 0.2) is 0 Å². The van der Waals surface area contributed by atoms with Crippen LogP contribution in [0.5, 0.6) is 5.75 Å². The Morgan fingerprint density at radius 1 is 1.25 bits per heavy atom. The van der Waals surface area contributed by atoms with Gasteiger partial charge < -0.3 is 14.5 Å². The van der Waals surface area contributed by atoms with E-state index in [0.717, 1.165) is 6.26 Å². The minimum atomic E-state index is -3.45. The molecule has 0 aliphatic carbocycles. The van der Waals surface area contributed by atoms with Gasteiger partial charge in [-0.2, -0.15) is 4.31 Å². The molecule has 1 aromatic carbocycles. The molecule has 0 bridgehead atoms. The van der Waals surface area contributed by atoms with Gasteiger partial charge in [0.1, 0.15) is 11.5 Å². The van der Waals surface area contributed by atoms with Crippen LogP contribution in [0.3, 0.4) is 0 Å². The number of sulfonamides is 1. The number of amides is 1. The number of carbonyl (C=O) groups is 1. The minimum absolute atomic E-state index is 0.0197. The number of rotatable bonds is 8. The number of para-hydroxylation sites is 2. The quantitative estimate of drug-likeness (QED) is 0.786. The molecule has 1 N–H and O–H groups in total. The summed E-state index contributed by atoms with van der Waals surface area (Å²) in [5.41, 5.74) is 0.543. The lowest BCUT2D eigenvalue weighted by atomic mass is 10.2. The predicted octanol–water partition coefficient (Wildman–Crippen LogP) is 2.08. The van der Waals surface area contributed by atoms with Gasteiger partial charge in [0.2, 0.25) is 15.9 Å². The fourth-order valence-electron chi connectivity index (χ4n) is 2.13. The average molecular weight is 352 g/mol. The SMILES string of the molecule is COc1ccccc1NC(=O)CCN(Cc1ccco1)S(C)(=O)=O. The van der Waals surface area contributed by atoms with Gasteiger partial charge in [0.05, 0.1) is 31.9 Å². The lowest BCUT2D eigenvalue weighted by molar-refractivity contribution is -0.116. The van der Waals surface area contributed by atoms with E-state index in [-0.39, 0.29) is 25.4 Å². The highest BCUT2D eigenvalue weighted by Crippen LogP contribution is 2.23. The summed E-state index contributed by atoms with van der Waals surface area (Å²) in [6.07, 6.45) is 2.60. The first-order chi connectivity index (χ1) is 11.4. The third-order valence-corrected chi connectivity index (χ3v) is 4.60. The predicted molar refractivity (Wildman–Crippen MR) is 90.2 cm³/mol. The zero-order chi connectivity index (χ0) is 17.6. The Balaban J connectivity index is 1.97. The van der Waals surface area contributed by atoms with Crippen LogP contribution in [0, 0.1) is 0 Å². The zero-order valence-corrected chi connectivity index (χ0v) is 14.4. The number of benzene rings is 1. The zero-order valence-electron chi connectivity index (χ0n) is 13.6. The minimum Gasteiger partial charge on any atom is -0.495 e. The van der Waals surface area contributed by atoms with Crippen molar-refractivity contribution in [2.75, 3.05) is 25.2 Å². The van der Waals surface area contributed by atoms with Crippen LogP contribution >= 0.6 is 0 Å². The van der Waals surface area contributed by atoms with Gasteiger partial charge in [-0.25, -0.2) is 8.42 Å². The smallest absolute Gasteiger partial charge is 0.225 e. The van der Waals surface area contributed by atoms with E-state index in [2.05, 4.69) is 5.32 Å². The van der Waals surface area contributed by atoms with Gasteiger partial charge in [0, 0.05) is 13.0 Å². The van der Waals surface area contributed by atoms with E-state index in [1.807, 2.05) is 0 Å². The number of ether oxygens (including phenoxy) is 1. The van der Waals surface area contributed by atoms with E-state index in [9.17, 15) is 13.2 Å². The second-order valence-electron chi connectivity index (χ2n) is 5.17.